The monoisotopic (exact) mass is 498 g/mol. The smallest absolute Gasteiger partial charge is 0.286 e. The van der Waals surface area contributed by atoms with Crippen molar-refractivity contribution in [3.8, 4) is 11.5 Å². The van der Waals surface area contributed by atoms with Crippen LogP contribution in [0.5, 0.6) is 11.5 Å². The van der Waals surface area contributed by atoms with Gasteiger partial charge in [0.15, 0.2) is 11.5 Å². The third-order valence-electron chi connectivity index (χ3n) is 5.49. The zero-order valence-corrected chi connectivity index (χ0v) is 20.4. The Bertz CT molecular complexity index is 1180. The summed E-state index contributed by atoms with van der Waals surface area (Å²) in [5.74, 6) is -0.258. The van der Waals surface area contributed by atoms with Crippen molar-refractivity contribution in [2.75, 3.05) is 30.4 Å². The van der Waals surface area contributed by atoms with Crippen molar-refractivity contribution in [3.05, 3.63) is 68.7 Å². The molecule has 3 aromatic rings. The predicted molar refractivity (Wildman–Crippen MR) is 133 cm³/mol. The van der Waals surface area contributed by atoms with E-state index in [1.54, 1.807) is 17.6 Å². The molecule has 2 heterocycles. The Morgan fingerprint density at radius 1 is 1.23 bits per heavy atom. The van der Waals surface area contributed by atoms with Gasteiger partial charge in [0.1, 0.15) is 12.2 Å². The molecular weight excluding hydrogens is 472 g/mol. The van der Waals surface area contributed by atoms with Crippen molar-refractivity contribution in [1.29, 1.82) is 0 Å². The number of carbonyl (C=O) groups excluding carboxylic acids is 1. The Morgan fingerprint density at radius 3 is 2.54 bits per heavy atom. The lowest BCUT2D eigenvalue weighted by Gasteiger charge is -2.36. The van der Waals surface area contributed by atoms with E-state index in [4.69, 9.17) is 14.2 Å². The highest BCUT2D eigenvalue weighted by Gasteiger charge is 2.26. The number of morpholine rings is 1. The van der Waals surface area contributed by atoms with Crippen molar-refractivity contribution in [1.82, 2.24) is 4.98 Å². The van der Waals surface area contributed by atoms with E-state index in [9.17, 15) is 14.9 Å². The lowest BCUT2D eigenvalue weighted by atomic mass is 10.1. The first kappa shape index (κ1) is 24.4. The minimum absolute atomic E-state index is 0.121. The Morgan fingerprint density at radius 2 is 1.94 bits per heavy atom. The Hall–Kier alpha value is -3.70. The van der Waals surface area contributed by atoms with E-state index in [0.29, 0.717) is 11.4 Å². The molecule has 2 atom stereocenters. The maximum absolute atomic E-state index is 13.0. The van der Waals surface area contributed by atoms with Crippen LogP contribution in [0.25, 0.3) is 0 Å². The third-order valence-corrected chi connectivity index (χ3v) is 6.13. The molecule has 1 N–H and O–H groups in total. The predicted octanol–water partition coefficient (Wildman–Crippen LogP) is 4.50. The van der Waals surface area contributed by atoms with E-state index in [2.05, 4.69) is 15.2 Å². The number of nitrogens with one attached hydrogen (secondary N) is 1. The molecule has 1 fully saturated rings. The summed E-state index contributed by atoms with van der Waals surface area (Å²) in [6.07, 6.45) is 0.254. The average Bonchev–Trinajstić information content (AvgIpc) is 3.35. The summed E-state index contributed by atoms with van der Waals surface area (Å²) in [5, 5.41) is 16.3. The van der Waals surface area contributed by atoms with Crippen LogP contribution in [0.15, 0.2) is 47.3 Å². The number of hydrogen-bond donors (Lipinski definition) is 1. The lowest BCUT2D eigenvalue weighted by Crippen LogP contribution is -2.45. The maximum Gasteiger partial charge on any atom is 0.286 e. The number of nitrogens with zero attached hydrogens (tertiary/aromatic N) is 3. The first-order valence-corrected chi connectivity index (χ1v) is 12.0. The number of thiazole rings is 1. The number of nitro benzene ring substituents is 1. The Kier molecular flexibility index (Phi) is 7.47. The Balaban J connectivity index is 1.51. The zero-order chi connectivity index (χ0) is 24.9. The quantitative estimate of drug-likeness (QED) is 0.356. The average molecular weight is 499 g/mol. The fourth-order valence-corrected chi connectivity index (χ4v) is 4.50. The van der Waals surface area contributed by atoms with Crippen LogP contribution >= 0.6 is 11.3 Å². The highest BCUT2D eigenvalue weighted by atomic mass is 32.1. The maximum atomic E-state index is 13.0. The molecule has 0 spiro atoms. The van der Waals surface area contributed by atoms with Crippen LogP contribution in [0.1, 0.15) is 29.9 Å². The van der Waals surface area contributed by atoms with Gasteiger partial charge in [-0.25, -0.2) is 4.98 Å². The van der Waals surface area contributed by atoms with E-state index < -0.39 is 10.8 Å². The molecule has 1 aliphatic heterocycles. The van der Waals surface area contributed by atoms with E-state index in [0.717, 1.165) is 18.8 Å². The van der Waals surface area contributed by atoms with E-state index in [-0.39, 0.29) is 41.6 Å². The number of methoxy groups -OCH3 is 1. The number of rotatable bonds is 8. The molecule has 1 saturated heterocycles. The second kappa shape index (κ2) is 10.7. The van der Waals surface area contributed by atoms with Crippen LogP contribution in [0.2, 0.25) is 0 Å². The summed E-state index contributed by atoms with van der Waals surface area (Å²) >= 11 is 1.42. The van der Waals surface area contributed by atoms with Gasteiger partial charge in [0, 0.05) is 35.9 Å². The van der Waals surface area contributed by atoms with Crippen LogP contribution in [0, 0.1) is 10.1 Å². The van der Waals surface area contributed by atoms with Crippen LogP contribution in [-0.2, 0) is 11.3 Å². The van der Waals surface area contributed by atoms with E-state index >= 15 is 0 Å². The molecule has 1 aromatic heterocycles. The van der Waals surface area contributed by atoms with Gasteiger partial charge in [0.2, 0.25) is 0 Å². The number of nitro groups is 1. The molecule has 35 heavy (non-hydrogen) atoms. The molecule has 0 radical (unpaired) electrons. The summed E-state index contributed by atoms with van der Waals surface area (Å²) in [5.41, 5.74) is 3.37. The number of hydrogen-bond acceptors (Lipinski definition) is 9. The summed E-state index contributed by atoms with van der Waals surface area (Å²) in [7, 11) is 1.41. The number of ether oxygens (including phenoxy) is 3. The molecular formula is C24H26N4O6S. The van der Waals surface area contributed by atoms with Gasteiger partial charge in [0.25, 0.3) is 11.6 Å². The zero-order valence-electron chi connectivity index (χ0n) is 19.6. The topological polar surface area (TPSA) is 116 Å². The van der Waals surface area contributed by atoms with Crippen molar-refractivity contribution in [2.24, 2.45) is 0 Å². The van der Waals surface area contributed by atoms with Gasteiger partial charge in [0.05, 0.1) is 41.5 Å². The molecule has 0 aliphatic carbocycles. The molecule has 184 valence electrons. The molecule has 4 rings (SSSR count). The van der Waals surface area contributed by atoms with Gasteiger partial charge in [-0.05, 0) is 38.1 Å². The molecule has 0 bridgehead atoms. The van der Waals surface area contributed by atoms with E-state index in [1.807, 2.05) is 31.4 Å². The van der Waals surface area contributed by atoms with Gasteiger partial charge < -0.3 is 24.4 Å². The van der Waals surface area contributed by atoms with Gasteiger partial charge in [-0.2, -0.15) is 0 Å². The fraction of sp³-hybridized carbons (Fsp3) is 0.333. The minimum Gasteiger partial charge on any atom is -0.493 e. The molecule has 1 amide bonds. The second-order valence-electron chi connectivity index (χ2n) is 8.21. The van der Waals surface area contributed by atoms with Gasteiger partial charge in [-0.1, -0.05) is 0 Å². The van der Waals surface area contributed by atoms with Gasteiger partial charge >= 0.3 is 0 Å². The summed E-state index contributed by atoms with van der Waals surface area (Å²) in [4.78, 5) is 30.5. The lowest BCUT2D eigenvalue weighted by molar-refractivity contribution is -0.385. The summed E-state index contributed by atoms with van der Waals surface area (Å²) < 4.78 is 16.8. The molecule has 11 heteroatoms. The molecule has 1 aliphatic rings. The minimum atomic E-state index is -0.623. The SMILES string of the molecule is COc1cc(C(=O)Nc2ccc(N3CC(C)OC(C)C3)cc2)c([N+](=O)[O-])cc1OCc1cscn1. The van der Waals surface area contributed by atoms with Gasteiger partial charge in [-0.3, -0.25) is 14.9 Å². The standard InChI is InChI=1S/C24H26N4O6S/c1-15-10-27(11-16(2)34-15)19-6-4-17(5-7-19)26-24(29)20-8-22(32-3)23(9-21(20)28(30)31)33-12-18-13-35-14-25-18/h4-9,13-16H,10-12H2,1-3H3,(H,26,29). The van der Waals surface area contributed by atoms with Gasteiger partial charge in [-0.15, -0.1) is 11.3 Å². The number of aromatic nitrogens is 1. The van der Waals surface area contributed by atoms with Crippen LogP contribution in [0.3, 0.4) is 0 Å². The largest absolute Gasteiger partial charge is 0.493 e. The van der Waals surface area contributed by atoms with Crippen LogP contribution in [-0.4, -0.2) is 48.2 Å². The number of carbonyl (C=O) groups is 1. The third kappa shape index (κ3) is 5.87. The number of benzene rings is 2. The fourth-order valence-electron chi connectivity index (χ4n) is 3.96. The molecule has 10 nitrogen and oxygen atoms in total. The molecule has 0 saturated carbocycles. The van der Waals surface area contributed by atoms with Crippen molar-refractivity contribution in [3.63, 3.8) is 0 Å². The molecule has 2 aromatic carbocycles. The van der Waals surface area contributed by atoms with Crippen molar-refractivity contribution < 1.29 is 23.9 Å². The Labute approximate surface area is 206 Å². The van der Waals surface area contributed by atoms with Crippen molar-refractivity contribution >= 4 is 34.3 Å². The highest BCUT2D eigenvalue weighted by molar-refractivity contribution is 7.07. The van der Waals surface area contributed by atoms with E-state index in [1.165, 1.54) is 30.6 Å². The van der Waals surface area contributed by atoms with Crippen LogP contribution in [0.4, 0.5) is 17.1 Å². The summed E-state index contributed by atoms with van der Waals surface area (Å²) in [6.45, 7) is 5.75. The normalized spacial score (nSPS) is 17.6. The van der Waals surface area contributed by atoms with Crippen molar-refractivity contribution in [2.45, 2.75) is 32.7 Å². The second-order valence-corrected chi connectivity index (χ2v) is 8.93. The number of anilines is 2. The first-order chi connectivity index (χ1) is 16.8. The first-order valence-electron chi connectivity index (χ1n) is 11.0. The molecule has 2 unspecified atom stereocenters. The summed E-state index contributed by atoms with van der Waals surface area (Å²) in [6, 6.07) is 9.87. The highest BCUT2D eigenvalue weighted by Crippen LogP contribution is 2.36. The van der Waals surface area contributed by atoms with Crippen LogP contribution < -0.4 is 19.7 Å². The number of amides is 1.